The van der Waals surface area contributed by atoms with Crippen molar-refractivity contribution < 1.29 is 14.3 Å². The molecule has 0 radical (unpaired) electrons. The Hall–Kier alpha value is -2.04. The van der Waals surface area contributed by atoms with Gasteiger partial charge in [-0.05, 0) is 45.6 Å². The van der Waals surface area contributed by atoms with Crippen LogP contribution in [0.25, 0.3) is 0 Å². The fourth-order valence-electron chi connectivity index (χ4n) is 2.52. The molecule has 1 aromatic carbocycles. The summed E-state index contributed by atoms with van der Waals surface area (Å²) >= 11 is 0. The topological polar surface area (TPSA) is 67.4 Å². The first kappa shape index (κ1) is 20.0. The van der Waals surface area contributed by atoms with Crippen molar-refractivity contribution in [3.05, 3.63) is 35.9 Å². The summed E-state index contributed by atoms with van der Waals surface area (Å²) in [6, 6.07) is 9.67. The van der Waals surface area contributed by atoms with Crippen LogP contribution in [-0.4, -0.2) is 23.1 Å². The van der Waals surface area contributed by atoms with E-state index in [2.05, 4.69) is 10.6 Å². The molecule has 0 saturated carbocycles. The van der Waals surface area contributed by atoms with Gasteiger partial charge in [0.2, 0.25) is 5.91 Å². The number of hydrogen-bond donors (Lipinski definition) is 2. The third kappa shape index (κ3) is 7.02. The Morgan fingerprint density at radius 3 is 2.17 bits per heavy atom. The van der Waals surface area contributed by atoms with Crippen LogP contribution in [0.3, 0.4) is 0 Å². The molecule has 134 valence electrons. The number of rotatable bonds is 6. The van der Waals surface area contributed by atoms with Crippen molar-refractivity contribution in [1.29, 1.82) is 0 Å². The van der Waals surface area contributed by atoms with Gasteiger partial charge in [0, 0.05) is 6.54 Å². The third-order valence-corrected chi connectivity index (χ3v) is 3.39. The Bertz CT molecular complexity index is 549. The molecule has 0 bridgehead atoms. The quantitative estimate of drug-likeness (QED) is 0.835. The van der Waals surface area contributed by atoms with Crippen LogP contribution < -0.4 is 10.6 Å². The molecular formula is C19H30N2O3. The van der Waals surface area contributed by atoms with Crippen LogP contribution in [0.2, 0.25) is 0 Å². The van der Waals surface area contributed by atoms with E-state index in [4.69, 9.17) is 4.74 Å². The summed E-state index contributed by atoms with van der Waals surface area (Å²) in [4.78, 5) is 24.8. The Balaban J connectivity index is 2.77. The van der Waals surface area contributed by atoms with Crippen molar-refractivity contribution in [2.24, 2.45) is 5.92 Å². The number of hydrogen-bond acceptors (Lipinski definition) is 3. The number of carbonyl (C=O) groups excluding carboxylic acids is 2. The molecule has 0 heterocycles. The Morgan fingerprint density at radius 2 is 1.67 bits per heavy atom. The lowest BCUT2D eigenvalue weighted by atomic mass is 9.89. The zero-order chi connectivity index (χ0) is 18.4. The van der Waals surface area contributed by atoms with Crippen molar-refractivity contribution >= 4 is 12.0 Å². The van der Waals surface area contributed by atoms with E-state index in [1.165, 1.54) is 0 Å². The minimum Gasteiger partial charge on any atom is -0.444 e. The van der Waals surface area contributed by atoms with E-state index in [9.17, 15) is 9.59 Å². The number of ether oxygens (including phenoxy) is 1. The van der Waals surface area contributed by atoms with Crippen LogP contribution in [0.1, 0.15) is 53.5 Å². The van der Waals surface area contributed by atoms with Crippen LogP contribution in [0.15, 0.2) is 30.3 Å². The third-order valence-electron chi connectivity index (χ3n) is 3.39. The van der Waals surface area contributed by atoms with E-state index in [0.29, 0.717) is 13.0 Å². The lowest BCUT2D eigenvalue weighted by Gasteiger charge is -2.32. The molecule has 2 amide bonds. The van der Waals surface area contributed by atoms with Crippen LogP contribution in [0.4, 0.5) is 4.79 Å². The molecule has 0 fully saturated rings. The van der Waals surface area contributed by atoms with Gasteiger partial charge in [-0.1, -0.05) is 44.2 Å². The first-order chi connectivity index (χ1) is 11.0. The second-order valence-corrected chi connectivity index (χ2v) is 7.73. The van der Waals surface area contributed by atoms with Gasteiger partial charge in [0.25, 0.3) is 0 Å². The second kappa shape index (κ2) is 8.18. The van der Waals surface area contributed by atoms with Crippen LogP contribution in [0, 0.1) is 5.92 Å². The number of carbonyl (C=O) groups is 2. The minimum atomic E-state index is -1.02. The largest absolute Gasteiger partial charge is 0.444 e. The average molecular weight is 334 g/mol. The van der Waals surface area contributed by atoms with Crippen LogP contribution >= 0.6 is 0 Å². The van der Waals surface area contributed by atoms with Gasteiger partial charge in [-0.3, -0.25) is 4.79 Å². The maximum Gasteiger partial charge on any atom is 0.408 e. The standard InChI is InChI=1S/C19H30N2O3/c1-14(2)12-19(6,21-17(23)24-18(3,4)5)16(22)20-13-15-10-8-7-9-11-15/h7-11,14H,12-13H2,1-6H3,(H,20,22)(H,21,23)/t19-/m1/s1. The summed E-state index contributed by atoms with van der Waals surface area (Å²) in [5.74, 6) is 0.0262. The summed E-state index contributed by atoms with van der Waals surface area (Å²) in [6.07, 6.45) is -0.0622. The monoisotopic (exact) mass is 334 g/mol. The van der Waals surface area contributed by atoms with E-state index >= 15 is 0 Å². The predicted octanol–water partition coefficient (Wildman–Crippen LogP) is 3.63. The highest BCUT2D eigenvalue weighted by Crippen LogP contribution is 2.18. The number of nitrogens with one attached hydrogen (secondary N) is 2. The van der Waals surface area contributed by atoms with Crippen LogP contribution in [0.5, 0.6) is 0 Å². The molecule has 0 aliphatic carbocycles. The zero-order valence-electron chi connectivity index (χ0n) is 15.6. The van der Waals surface area contributed by atoms with Crippen molar-refractivity contribution in [2.75, 3.05) is 0 Å². The number of alkyl carbamates (subject to hydrolysis) is 1. The molecule has 1 atom stereocenters. The lowest BCUT2D eigenvalue weighted by Crippen LogP contribution is -2.58. The highest BCUT2D eigenvalue weighted by Gasteiger charge is 2.36. The smallest absolute Gasteiger partial charge is 0.408 e. The Kier molecular flexibility index (Phi) is 6.81. The Labute approximate surface area is 145 Å². The molecule has 1 rings (SSSR count). The summed E-state index contributed by atoms with van der Waals surface area (Å²) in [5.41, 5.74) is -0.621. The van der Waals surface area contributed by atoms with Crippen molar-refractivity contribution in [1.82, 2.24) is 10.6 Å². The van der Waals surface area contributed by atoms with Gasteiger partial charge in [-0.2, -0.15) is 0 Å². The molecule has 0 aliphatic rings. The van der Waals surface area contributed by atoms with Gasteiger partial charge in [0.15, 0.2) is 0 Å². The van der Waals surface area contributed by atoms with Crippen LogP contribution in [-0.2, 0) is 16.1 Å². The van der Waals surface area contributed by atoms with E-state index < -0.39 is 17.2 Å². The fourth-order valence-corrected chi connectivity index (χ4v) is 2.52. The Morgan fingerprint density at radius 1 is 1.08 bits per heavy atom. The summed E-state index contributed by atoms with van der Waals surface area (Å²) in [5, 5.41) is 5.65. The van der Waals surface area contributed by atoms with E-state index in [0.717, 1.165) is 5.56 Å². The maximum atomic E-state index is 12.7. The fraction of sp³-hybridized carbons (Fsp3) is 0.579. The van der Waals surface area contributed by atoms with E-state index in [-0.39, 0.29) is 11.8 Å². The maximum absolute atomic E-state index is 12.7. The molecule has 24 heavy (non-hydrogen) atoms. The van der Waals surface area contributed by atoms with Gasteiger partial charge in [-0.25, -0.2) is 4.79 Å². The number of amides is 2. The molecule has 0 spiro atoms. The van der Waals surface area contributed by atoms with E-state index in [1.807, 2.05) is 44.2 Å². The molecule has 0 saturated heterocycles. The normalized spacial score (nSPS) is 14.0. The number of benzene rings is 1. The van der Waals surface area contributed by atoms with Gasteiger partial charge in [0.05, 0.1) is 0 Å². The van der Waals surface area contributed by atoms with E-state index in [1.54, 1.807) is 27.7 Å². The van der Waals surface area contributed by atoms with Crippen molar-refractivity contribution in [2.45, 2.75) is 65.6 Å². The van der Waals surface area contributed by atoms with Crippen molar-refractivity contribution in [3.63, 3.8) is 0 Å². The summed E-state index contributed by atoms with van der Waals surface area (Å²) in [7, 11) is 0. The molecule has 1 aromatic rings. The SMILES string of the molecule is CC(C)C[C@@](C)(NC(=O)OC(C)(C)C)C(=O)NCc1ccccc1. The molecular weight excluding hydrogens is 304 g/mol. The molecule has 2 N–H and O–H groups in total. The van der Waals surface area contributed by atoms with Gasteiger partial charge < -0.3 is 15.4 Å². The first-order valence-electron chi connectivity index (χ1n) is 8.35. The van der Waals surface area contributed by atoms with Crippen molar-refractivity contribution in [3.8, 4) is 0 Å². The molecule has 5 nitrogen and oxygen atoms in total. The zero-order valence-corrected chi connectivity index (χ0v) is 15.6. The first-order valence-corrected chi connectivity index (χ1v) is 8.35. The lowest BCUT2D eigenvalue weighted by molar-refractivity contribution is -0.127. The highest BCUT2D eigenvalue weighted by atomic mass is 16.6. The highest BCUT2D eigenvalue weighted by molar-refractivity contribution is 5.89. The summed E-state index contributed by atoms with van der Waals surface area (Å²) < 4.78 is 5.30. The minimum absolute atomic E-state index is 0.217. The molecule has 0 unspecified atom stereocenters. The van der Waals surface area contributed by atoms with Gasteiger partial charge in [0.1, 0.15) is 11.1 Å². The molecule has 5 heteroatoms. The van der Waals surface area contributed by atoms with Gasteiger partial charge >= 0.3 is 6.09 Å². The summed E-state index contributed by atoms with van der Waals surface area (Å²) in [6.45, 7) is 11.6. The predicted molar refractivity (Wildman–Crippen MR) is 95.5 cm³/mol. The second-order valence-electron chi connectivity index (χ2n) is 7.73. The average Bonchev–Trinajstić information content (AvgIpc) is 2.42. The molecule has 0 aromatic heterocycles. The molecule has 0 aliphatic heterocycles. The van der Waals surface area contributed by atoms with Gasteiger partial charge in [-0.15, -0.1) is 0 Å².